The molecule has 2 rings (SSSR count). The molecule has 0 saturated heterocycles. The van der Waals surface area contributed by atoms with Crippen molar-refractivity contribution in [3.8, 4) is 0 Å². The van der Waals surface area contributed by atoms with Gasteiger partial charge < -0.3 is 10.1 Å². The van der Waals surface area contributed by atoms with Crippen molar-refractivity contribution in [3.05, 3.63) is 47.3 Å². The summed E-state index contributed by atoms with van der Waals surface area (Å²) in [4.78, 5) is 12.0. The van der Waals surface area contributed by atoms with Gasteiger partial charge in [0.1, 0.15) is 4.21 Å². The molecule has 27 heavy (non-hydrogen) atoms. The topological polar surface area (TPSA) is 84.5 Å². The van der Waals surface area contributed by atoms with Crippen molar-refractivity contribution < 1.29 is 17.9 Å². The van der Waals surface area contributed by atoms with Crippen LogP contribution >= 0.6 is 11.3 Å². The summed E-state index contributed by atoms with van der Waals surface area (Å²) in [7, 11) is -3.55. The van der Waals surface area contributed by atoms with Gasteiger partial charge in [-0.1, -0.05) is 31.5 Å². The van der Waals surface area contributed by atoms with Crippen LogP contribution < -0.4 is 10.0 Å². The first-order chi connectivity index (χ1) is 13.0. The largest absolute Gasteiger partial charge is 0.381 e. The van der Waals surface area contributed by atoms with Crippen LogP contribution in [-0.4, -0.2) is 34.1 Å². The summed E-state index contributed by atoms with van der Waals surface area (Å²) in [6.45, 7) is 4.13. The minimum absolute atomic E-state index is 0.0597. The van der Waals surface area contributed by atoms with E-state index in [2.05, 4.69) is 17.0 Å². The Morgan fingerprint density at radius 3 is 2.52 bits per heavy atom. The van der Waals surface area contributed by atoms with Crippen molar-refractivity contribution in [2.24, 2.45) is 0 Å². The molecule has 0 spiro atoms. The number of hydrogen-bond acceptors (Lipinski definition) is 5. The molecular weight excluding hydrogens is 384 g/mol. The van der Waals surface area contributed by atoms with Gasteiger partial charge in [-0.25, -0.2) is 8.42 Å². The SMILES string of the molecule is CCCCOCCCNC(=O)Cc1ccc(NS(=O)(=O)c2cccs2)cc1. The quantitative estimate of drug-likeness (QED) is 0.525. The minimum atomic E-state index is -3.55. The van der Waals surface area contributed by atoms with E-state index in [0.29, 0.717) is 18.8 Å². The third-order valence-electron chi connectivity index (χ3n) is 3.76. The summed E-state index contributed by atoms with van der Waals surface area (Å²) in [6, 6.07) is 10.1. The number of amides is 1. The van der Waals surface area contributed by atoms with Gasteiger partial charge in [0.05, 0.1) is 6.42 Å². The maximum absolute atomic E-state index is 12.2. The fourth-order valence-electron chi connectivity index (χ4n) is 2.31. The molecule has 2 aromatic rings. The fourth-order valence-corrected chi connectivity index (χ4v) is 4.36. The van der Waals surface area contributed by atoms with Crippen LogP contribution in [0.3, 0.4) is 0 Å². The molecule has 0 atom stereocenters. The van der Waals surface area contributed by atoms with E-state index in [9.17, 15) is 13.2 Å². The molecule has 1 aromatic heterocycles. The lowest BCUT2D eigenvalue weighted by molar-refractivity contribution is -0.120. The second-order valence-corrected chi connectivity index (χ2v) is 8.94. The highest BCUT2D eigenvalue weighted by Gasteiger charge is 2.15. The zero-order chi connectivity index (χ0) is 19.5. The van der Waals surface area contributed by atoms with Gasteiger partial charge in [0.2, 0.25) is 5.91 Å². The van der Waals surface area contributed by atoms with Crippen LogP contribution in [0.1, 0.15) is 31.7 Å². The van der Waals surface area contributed by atoms with E-state index < -0.39 is 10.0 Å². The maximum Gasteiger partial charge on any atom is 0.271 e. The molecule has 0 unspecified atom stereocenters. The minimum Gasteiger partial charge on any atom is -0.381 e. The zero-order valence-corrected chi connectivity index (χ0v) is 17.1. The first kappa shape index (κ1) is 21.4. The number of unbranched alkanes of at least 4 members (excludes halogenated alkanes) is 1. The number of carbonyl (C=O) groups excluding carboxylic acids is 1. The zero-order valence-electron chi connectivity index (χ0n) is 15.4. The van der Waals surface area contributed by atoms with Gasteiger partial charge in [-0.2, -0.15) is 0 Å². The Morgan fingerprint density at radius 2 is 1.85 bits per heavy atom. The molecule has 0 bridgehead atoms. The highest BCUT2D eigenvalue weighted by atomic mass is 32.2. The van der Waals surface area contributed by atoms with E-state index in [1.165, 1.54) is 0 Å². The third-order valence-corrected chi connectivity index (χ3v) is 6.54. The van der Waals surface area contributed by atoms with Crippen LogP contribution in [-0.2, 0) is 26.0 Å². The number of nitrogens with one attached hydrogen (secondary N) is 2. The van der Waals surface area contributed by atoms with Gasteiger partial charge in [0, 0.05) is 25.4 Å². The highest BCUT2D eigenvalue weighted by Crippen LogP contribution is 2.20. The summed E-state index contributed by atoms with van der Waals surface area (Å²) in [5.41, 5.74) is 1.29. The smallest absolute Gasteiger partial charge is 0.271 e. The standard InChI is InChI=1S/C19H26N2O4S2/c1-2-3-12-25-13-5-11-20-18(22)15-16-7-9-17(10-8-16)21-27(23,24)19-6-4-14-26-19/h4,6-10,14,21H,2-3,5,11-13,15H2,1H3,(H,20,22). The molecule has 1 heterocycles. The maximum atomic E-state index is 12.2. The van der Waals surface area contributed by atoms with Gasteiger partial charge in [0.15, 0.2) is 0 Å². The molecule has 0 saturated carbocycles. The number of anilines is 1. The number of hydrogen-bond donors (Lipinski definition) is 2. The number of thiophene rings is 1. The van der Waals surface area contributed by atoms with Crippen LogP contribution in [0.2, 0.25) is 0 Å². The molecule has 6 nitrogen and oxygen atoms in total. The van der Waals surface area contributed by atoms with E-state index in [0.717, 1.165) is 42.8 Å². The predicted octanol–water partition coefficient (Wildman–Crippen LogP) is 3.41. The number of benzene rings is 1. The second kappa shape index (κ2) is 11.1. The molecule has 0 aliphatic heterocycles. The number of ether oxygens (including phenoxy) is 1. The van der Waals surface area contributed by atoms with Crippen LogP contribution in [0, 0.1) is 0 Å². The van der Waals surface area contributed by atoms with Crippen molar-refractivity contribution >= 4 is 33.0 Å². The summed E-state index contributed by atoms with van der Waals surface area (Å²) in [6.07, 6.45) is 3.23. The van der Waals surface area contributed by atoms with Gasteiger partial charge in [-0.3, -0.25) is 9.52 Å². The summed E-state index contributed by atoms with van der Waals surface area (Å²) in [5.74, 6) is -0.0597. The fraction of sp³-hybridized carbons (Fsp3) is 0.421. The Kier molecular flexibility index (Phi) is 8.77. The number of rotatable bonds is 12. The average Bonchev–Trinajstić information content (AvgIpc) is 3.18. The molecule has 148 valence electrons. The van der Waals surface area contributed by atoms with E-state index in [-0.39, 0.29) is 16.5 Å². The first-order valence-corrected chi connectivity index (χ1v) is 11.4. The molecule has 0 aliphatic rings. The van der Waals surface area contributed by atoms with Gasteiger partial charge in [-0.05, 0) is 42.0 Å². The van der Waals surface area contributed by atoms with Gasteiger partial charge in [-0.15, -0.1) is 11.3 Å². The van der Waals surface area contributed by atoms with Crippen LogP contribution in [0.15, 0.2) is 46.0 Å². The molecule has 0 radical (unpaired) electrons. The lowest BCUT2D eigenvalue weighted by Crippen LogP contribution is -2.26. The third kappa shape index (κ3) is 7.70. The Bertz CT molecular complexity index is 788. The number of carbonyl (C=O) groups is 1. The first-order valence-electron chi connectivity index (χ1n) is 9.01. The second-order valence-electron chi connectivity index (χ2n) is 6.08. The highest BCUT2D eigenvalue weighted by molar-refractivity contribution is 7.94. The molecule has 1 amide bonds. The summed E-state index contributed by atoms with van der Waals surface area (Å²) < 4.78 is 32.6. The molecule has 0 fully saturated rings. The lowest BCUT2D eigenvalue weighted by atomic mass is 10.1. The van der Waals surface area contributed by atoms with Gasteiger partial charge in [0.25, 0.3) is 10.0 Å². The van der Waals surface area contributed by atoms with Crippen molar-refractivity contribution in [3.63, 3.8) is 0 Å². The van der Waals surface area contributed by atoms with Crippen LogP contribution in [0.25, 0.3) is 0 Å². The van der Waals surface area contributed by atoms with Crippen LogP contribution in [0.5, 0.6) is 0 Å². The normalized spacial score (nSPS) is 11.3. The van der Waals surface area contributed by atoms with E-state index >= 15 is 0 Å². The van der Waals surface area contributed by atoms with Gasteiger partial charge >= 0.3 is 0 Å². The van der Waals surface area contributed by atoms with Crippen molar-refractivity contribution in [2.75, 3.05) is 24.5 Å². The summed E-state index contributed by atoms with van der Waals surface area (Å²) >= 11 is 1.16. The molecule has 1 aromatic carbocycles. The Balaban J connectivity index is 1.73. The molecule has 0 aliphatic carbocycles. The molecule has 2 N–H and O–H groups in total. The van der Waals surface area contributed by atoms with E-state index in [4.69, 9.17) is 4.74 Å². The van der Waals surface area contributed by atoms with Crippen molar-refractivity contribution in [1.29, 1.82) is 0 Å². The van der Waals surface area contributed by atoms with E-state index in [1.807, 2.05) is 0 Å². The number of sulfonamides is 1. The molecular formula is C19H26N2O4S2. The Labute approximate surface area is 165 Å². The Hall–Kier alpha value is -1.90. The van der Waals surface area contributed by atoms with Crippen molar-refractivity contribution in [1.82, 2.24) is 5.32 Å². The Morgan fingerprint density at radius 1 is 1.11 bits per heavy atom. The lowest BCUT2D eigenvalue weighted by Gasteiger charge is -2.08. The predicted molar refractivity (Wildman–Crippen MR) is 109 cm³/mol. The van der Waals surface area contributed by atoms with E-state index in [1.54, 1.807) is 41.8 Å². The van der Waals surface area contributed by atoms with Crippen molar-refractivity contribution in [2.45, 2.75) is 36.8 Å². The average molecular weight is 411 g/mol. The monoisotopic (exact) mass is 410 g/mol. The summed E-state index contributed by atoms with van der Waals surface area (Å²) in [5, 5.41) is 4.58. The van der Waals surface area contributed by atoms with Crippen LogP contribution in [0.4, 0.5) is 5.69 Å². The molecule has 8 heteroatoms.